The van der Waals surface area contributed by atoms with Crippen molar-refractivity contribution in [3.05, 3.63) is 48.3 Å². The molecule has 0 amide bonds. The highest BCUT2D eigenvalue weighted by Crippen LogP contribution is 2.16. The van der Waals surface area contributed by atoms with Crippen molar-refractivity contribution in [3.8, 4) is 11.4 Å². The number of aryl methyl sites for hydroxylation is 1. The van der Waals surface area contributed by atoms with Crippen LogP contribution in [0.2, 0.25) is 0 Å². The molecule has 2 heteroatoms. The van der Waals surface area contributed by atoms with Gasteiger partial charge in [0.2, 0.25) is 0 Å². The molecular weight excluding hydrogens is 268 g/mol. The van der Waals surface area contributed by atoms with E-state index in [1.807, 2.05) is 0 Å². The van der Waals surface area contributed by atoms with E-state index < -0.39 is 0 Å². The van der Waals surface area contributed by atoms with E-state index in [9.17, 15) is 0 Å². The van der Waals surface area contributed by atoms with Crippen LogP contribution in [-0.2, 0) is 6.42 Å². The lowest BCUT2D eigenvalue weighted by atomic mass is 10.0. The number of hydrogen-bond acceptors (Lipinski definition) is 2. The van der Waals surface area contributed by atoms with Crippen molar-refractivity contribution in [2.75, 3.05) is 0 Å². The normalized spacial score (nSPS) is 10.8. The van der Waals surface area contributed by atoms with Gasteiger partial charge in [0.05, 0.1) is 0 Å². The van der Waals surface area contributed by atoms with Crippen molar-refractivity contribution < 1.29 is 0 Å². The summed E-state index contributed by atoms with van der Waals surface area (Å²) in [6.07, 6.45) is 15.5. The van der Waals surface area contributed by atoms with Gasteiger partial charge in [-0.1, -0.05) is 76.1 Å². The SMILES string of the molecule is CCCCCCCCCCc1ccc(-c2nc[c]cn2)cc1. The van der Waals surface area contributed by atoms with Gasteiger partial charge in [0.25, 0.3) is 0 Å². The van der Waals surface area contributed by atoms with Gasteiger partial charge in [0, 0.05) is 24.0 Å². The summed E-state index contributed by atoms with van der Waals surface area (Å²) in [5.74, 6) is 0.775. The van der Waals surface area contributed by atoms with Crippen LogP contribution in [0, 0.1) is 6.07 Å². The van der Waals surface area contributed by atoms with E-state index in [-0.39, 0.29) is 0 Å². The molecule has 0 bridgehead atoms. The first kappa shape index (κ1) is 16.7. The average molecular weight is 295 g/mol. The molecule has 0 N–H and O–H groups in total. The van der Waals surface area contributed by atoms with Gasteiger partial charge in [-0.2, -0.15) is 0 Å². The van der Waals surface area contributed by atoms with Crippen LogP contribution in [0.25, 0.3) is 11.4 Å². The van der Waals surface area contributed by atoms with Crippen molar-refractivity contribution >= 4 is 0 Å². The van der Waals surface area contributed by atoms with Crippen LogP contribution < -0.4 is 0 Å². The molecule has 0 saturated heterocycles. The number of hydrogen-bond donors (Lipinski definition) is 0. The Morgan fingerprint density at radius 2 is 1.36 bits per heavy atom. The summed E-state index contributed by atoms with van der Waals surface area (Å²) in [6.45, 7) is 2.27. The van der Waals surface area contributed by atoms with Crippen molar-refractivity contribution in [1.82, 2.24) is 9.97 Å². The summed E-state index contributed by atoms with van der Waals surface area (Å²) >= 11 is 0. The Balaban J connectivity index is 1.65. The number of unbranched alkanes of at least 4 members (excludes halogenated alkanes) is 7. The second-order valence-electron chi connectivity index (χ2n) is 5.93. The first-order valence-electron chi connectivity index (χ1n) is 8.67. The summed E-state index contributed by atoms with van der Waals surface area (Å²) in [4.78, 5) is 8.46. The lowest BCUT2D eigenvalue weighted by Crippen LogP contribution is -1.89. The topological polar surface area (TPSA) is 25.8 Å². The Labute approximate surface area is 135 Å². The van der Waals surface area contributed by atoms with Gasteiger partial charge in [-0.25, -0.2) is 9.97 Å². The summed E-state index contributed by atoms with van der Waals surface area (Å²) in [5.41, 5.74) is 2.49. The average Bonchev–Trinajstić information content (AvgIpc) is 2.59. The molecular formula is C20H27N2. The Morgan fingerprint density at radius 3 is 2.00 bits per heavy atom. The summed E-state index contributed by atoms with van der Waals surface area (Å²) in [5, 5.41) is 0. The predicted molar refractivity (Wildman–Crippen MR) is 92.6 cm³/mol. The molecule has 2 nitrogen and oxygen atoms in total. The van der Waals surface area contributed by atoms with E-state index in [0.717, 1.165) is 11.4 Å². The Morgan fingerprint density at radius 1 is 0.773 bits per heavy atom. The van der Waals surface area contributed by atoms with Gasteiger partial charge >= 0.3 is 0 Å². The summed E-state index contributed by atoms with van der Waals surface area (Å²) in [6, 6.07) is 11.5. The zero-order valence-corrected chi connectivity index (χ0v) is 13.7. The largest absolute Gasteiger partial charge is 0.236 e. The molecule has 1 heterocycles. The molecule has 2 aromatic rings. The minimum atomic E-state index is 0.775. The monoisotopic (exact) mass is 295 g/mol. The Kier molecular flexibility index (Phi) is 7.65. The van der Waals surface area contributed by atoms with Crippen LogP contribution >= 0.6 is 0 Å². The van der Waals surface area contributed by atoms with E-state index in [4.69, 9.17) is 0 Å². The molecule has 0 fully saturated rings. The molecule has 1 aromatic heterocycles. The third-order valence-electron chi connectivity index (χ3n) is 4.05. The highest BCUT2D eigenvalue weighted by atomic mass is 14.8. The van der Waals surface area contributed by atoms with Crippen molar-refractivity contribution in [3.63, 3.8) is 0 Å². The van der Waals surface area contributed by atoms with Gasteiger partial charge in [0.15, 0.2) is 5.82 Å². The molecule has 22 heavy (non-hydrogen) atoms. The van der Waals surface area contributed by atoms with Gasteiger partial charge in [-0.15, -0.1) is 0 Å². The van der Waals surface area contributed by atoms with Crippen molar-refractivity contribution in [2.45, 2.75) is 64.7 Å². The first-order valence-corrected chi connectivity index (χ1v) is 8.67. The van der Waals surface area contributed by atoms with Crippen LogP contribution in [0.5, 0.6) is 0 Å². The second-order valence-corrected chi connectivity index (χ2v) is 5.93. The fourth-order valence-corrected chi connectivity index (χ4v) is 2.70. The third kappa shape index (κ3) is 5.97. The van der Waals surface area contributed by atoms with E-state index in [2.05, 4.69) is 47.2 Å². The van der Waals surface area contributed by atoms with E-state index in [1.165, 1.54) is 63.4 Å². The molecule has 2 rings (SSSR count). The lowest BCUT2D eigenvalue weighted by Gasteiger charge is -2.04. The van der Waals surface area contributed by atoms with Gasteiger partial charge in [-0.05, 0) is 18.4 Å². The smallest absolute Gasteiger partial charge is 0.159 e. The van der Waals surface area contributed by atoms with Crippen LogP contribution in [0.4, 0.5) is 0 Å². The maximum Gasteiger partial charge on any atom is 0.159 e. The molecule has 0 atom stereocenters. The van der Waals surface area contributed by atoms with Gasteiger partial charge in [0.1, 0.15) is 0 Å². The molecule has 0 aliphatic carbocycles. The Hall–Kier alpha value is -1.70. The van der Waals surface area contributed by atoms with Crippen LogP contribution in [0.1, 0.15) is 63.9 Å². The highest BCUT2D eigenvalue weighted by molar-refractivity contribution is 5.54. The third-order valence-corrected chi connectivity index (χ3v) is 4.05. The van der Waals surface area contributed by atoms with Crippen molar-refractivity contribution in [1.29, 1.82) is 0 Å². The molecule has 1 aromatic carbocycles. The van der Waals surface area contributed by atoms with E-state index >= 15 is 0 Å². The maximum absolute atomic E-state index is 4.23. The number of benzene rings is 1. The van der Waals surface area contributed by atoms with E-state index in [0.29, 0.717) is 0 Å². The molecule has 0 spiro atoms. The molecule has 1 radical (unpaired) electrons. The predicted octanol–water partition coefficient (Wildman–Crippen LogP) is 5.63. The zero-order chi connectivity index (χ0) is 15.5. The summed E-state index contributed by atoms with van der Waals surface area (Å²) in [7, 11) is 0. The summed E-state index contributed by atoms with van der Waals surface area (Å²) < 4.78 is 0. The molecule has 0 saturated carbocycles. The molecule has 0 unspecified atom stereocenters. The van der Waals surface area contributed by atoms with Gasteiger partial charge < -0.3 is 0 Å². The second kappa shape index (κ2) is 10.1. The Bertz CT molecular complexity index is 505. The number of rotatable bonds is 10. The highest BCUT2D eigenvalue weighted by Gasteiger charge is 2.00. The quantitative estimate of drug-likeness (QED) is 0.531. The zero-order valence-electron chi connectivity index (χ0n) is 13.7. The number of aromatic nitrogens is 2. The van der Waals surface area contributed by atoms with Gasteiger partial charge in [-0.3, -0.25) is 0 Å². The first-order chi connectivity index (χ1) is 10.9. The minimum Gasteiger partial charge on any atom is -0.236 e. The molecule has 0 aliphatic rings. The number of nitrogens with zero attached hydrogens (tertiary/aromatic N) is 2. The molecule has 117 valence electrons. The van der Waals surface area contributed by atoms with Crippen molar-refractivity contribution in [2.24, 2.45) is 0 Å². The van der Waals surface area contributed by atoms with E-state index in [1.54, 1.807) is 12.4 Å². The maximum atomic E-state index is 4.23. The minimum absolute atomic E-state index is 0.775. The van der Waals surface area contributed by atoms with Crippen LogP contribution in [0.15, 0.2) is 36.7 Å². The van der Waals surface area contributed by atoms with Crippen LogP contribution in [0.3, 0.4) is 0 Å². The lowest BCUT2D eigenvalue weighted by molar-refractivity contribution is 0.575. The standard InChI is InChI=1S/C20H27N2/c1-2-3-4-5-6-7-8-9-11-18-12-14-19(15-13-18)20-21-16-10-17-22-20/h12-17H,2-9,11H2,1H3. The molecule has 0 aliphatic heterocycles. The fourth-order valence-electron chi connectivity index (χ4n) is 2.70. The fraction of sp³-hybridized carbons (Fsp3) is 0.500. The van der Waals surface area contributed by atoms with Crippen LogP contribution in [-0.4, -0.2) is 9.97 Å².